The van der Waals surface area contributed by atoms with Gasteiger partial charge in [-0.2, -0.15) is 0 Å². The van der Waals surface area contributed by atoms with Gasteiger partial charge in [0.05, 0.1) is 20.3 Å². The van der Waals surface area contributed by atoms with Crippen molar-refractivity contribution in [2.75, 3.05) is 46.7 Å². The Morgan fingerprint density at radius 3 is 2.69 bits per heavy atom. The van der Waals surface area contributed by atoms with Crippen LogP contribution >= 0.6 is 0 Å². The molecule has 2 unspecified atom stereocenters. The van der Waals surface area contributed by atoms with Gasteiger partial charge in [0, 0.05) is 42.5 Å². The summed E-state index contributed by atoms with van der Waals surface area (Å²) in [5.74, 6) is 0.913. The second kappa shape index (κ2) is 13.0. The summed E-state index contributed by atoms with van der Waals surface area (Å²) in [6, 6.07) is 12.4. The molecule has 0 fully saturated rings. The van der Waals surface area contributed by atoms with Crippen LogP contribution in [0.3, 0.4) is 0 Å². The summed E-state index contributed by atoms with van der Waals surface area (Å²) in [5.41, 5.74) is 13.0. The smallest absolute Gasteiger partial charge is 0.151 e. The standard InChI is InChI=1S/C18H20N2O.C11H17NO2/c1-19-11-6-12-20-17-9-4-2-7-14(17)16(13-21)15-8-3-5-10-18(15)20;1-8-6-10(12)7-9(4-5-13-2)11(8)14-3/h2-5,7-10,13,17,19H,6,11-12H2,1H3;6-7H,4-5,12H2,1-3H3/p+1. The Hall–Kier alpha value is -3.19. The fraction of sp³-hybridized carbons (Fsp3) is 0.345. The third-order valence-corrected chi connectivity index (χ3v) is 6.42. The van der Waals surface area contributed by atoms with Crippen LogP contribution < -0.4 is 20.7 Å². The number of carbonyl (C=O) groups is 1. The summed E-state index contributed by atoms with van der Waals surface area (Å²) in [4.78, 5) is 13.0. The summed E-state index contributed by atoms with van der Waals surface area (Å²) in [7, 11) is 5.35. The second-order valence-electron chi connectivity index (χ2n) is 8.76. The highest BCUT2D eigenvalue weighted by atomic mass is 16.5. The first kappa shape index (κ1) is 26.4. The monoisotopic (exact) mass is 476 g/mol. The fourth-order valence-electron chi connectivity index (χ4n) is 4.87. The molecule has 0 amide bonds. The number of fused-ring (bicyclic) bond motifs is 2. The van der Waals surface area contributed by atoms with Crippen molar-refractivity contribution in [1.82, 2.24) is 5.32 Å². The molecule has 2 aromatic rings. The van der Waals surface area contributed by atoms with Gasteiger partial charge in [0.25, 0.3) is 0 Å². The maximum Gasteiger partial charge on any atom is 0.151 e. The van der Waals surface area contributed by atoms with E-state index in [0.29, 0.717) is 6.61 Å². The molecule has 1 aliphatic carbocycles. The van der Waals surface area contributed by atoms with E-state index in [2.05, 4.69) is 41.7 Å². The Bertz CT molecular complexity index is 1100. The molecule has 35 heavy (non-hydrogen) atoms. The van der Waals surface area contributed by atoms with Crippen LogP contribution in [0.5, 0.6) is 5.75 Å². The Kier molecular flexibility index (Phi) is 9.85. The van der Waals surface area contributed by atoms with Gasteiger partial charge < -0.3 is 20.5 Å². The van der Waals surface area contributed by atoms with Crippen molar-refractivity contribution < 1.29 is 19.2 Å². The number of methoxy groups -OCH3 is 2. The number of carbonyl (C=O) groups excluding carboxylic acids is 1. The van der Waals surface area contributed by atoms with E-state index in [-0.39, 0.29) is 6.04 Å². The number of nitrogens with two attached hydrogens (primary N) is 1. The minimum absolute atomic E-state index is 0.252. The maximum absolute atomic E-state index is 11.6. The summed E-state index contributed by atoms with van der Waals surface area (Å²) >= 11 is 0. The topological polar surface area (TPSA) is 78.0 Å². The zero-order chi connectivity index (χ0) is 25.2. The van der Waals surface area contributed by atoms with Crippen molar-refractivity contribution in [2.24, 2.45) is 0 Å². The molecule has 2 aromatic carbocycles. The summed E-state index contributed by atoms with van der Waals surface area (Å²) < 4.78 is 10.3. The molecule has 0 radical (unpaired) electrons. The first-order valence-electron chi connectivity index (χ1n) is 12.1. The fourth-order valence-corrected chi connectivity index (χ4v) is 4.87. The molecule has 1 aliphatic heterocycles. The number of benzene rings is 2. The Morgan fingerprint density at radius 2 is 1.97 bits per heavy atom. The van der Waals surface area contributed by atoms with Crippen molar-refractivity contribution in [3.8, 4) is 5.75 Å². The molecule has 2 aliphatic rings. The number of ether oxygens (including phenoxy) is 2. The number of nitrogen functional groups attached to an aromatic ring is 1. The summed E-state index contributed by atoms with van der Waals surface area (Å²) in [6.45, 7) is 4.73. The highest BCUT2D eigenvalue weighted by Crippen LogP contribution is 2.31. The zero-order valence-corrected chi connectivity index (χ0v) is 21.3. The number of aryl methyl sites for hydroxylation is 1. The summed E-state index contributed by atoms with van der Waals surface area (Å²) in [5, 5.41) is 3.21. The number of quaternary nitrogens is 1. The highest BCUT2D eigenvalue weighted by Gasteiger charge is 2.35. The van der Waals surface area contributed by atoms with Crippen LogP contribution in [0.15, 0.2) is 66.3 Å². The van der Waals surface area contributed by atoms with Crippen LogP contribution in [0.4, 0.5) is 11.4 Å². The number of para-hydroxylation sites is 1. The van der Waals surface area contributed by atoms with Gasteiger partial charge in [-0.15, -0.1) is 0 Å². The van der Waals surface area contributed by atoms with E-state index < -0.39 is 0 Å². The molecular formula is C29H38N3O3+. The lowest BCUT2D eigenvalue weighted by atomic mass is 9.86. The number of allylic oxidation sites excluding steroid dienone is 3. The maximum atomic E-state index is 11.6. The Morgan fingerprint density at radius 1 is 1.17 bits per heavy atom. The molecule has 6 nitrogen and oxygen atoms in total. The molecule has 4 rings (SSSR count). The largest absolute Gasteiger partial charge is 0.496 e. The molecule has 0 bridgehead atoms. The van der Waals surface area contributed by atoms with Gasteiger partial charge >= 0.3 is 0 Å². The lowest BCUT2D eigenvalue weighted by Crippen LogP contribution is -3.12. The number of rotatable bonds is 9. The minimum Gasteiger partial charge on any atom is -0.496 e. The van der Waals surface area contributed by atoms with Gasteiger partial charge in [-0.1, -0.05) is 30.4 Å². The molecule has 0 aromatic heterocycles. The normalized spacial score (nSPS) is 17.8. The molecule has 0 saturated heterocycles. The first-order chi connectivity index (χ1) is 17.0. The van der Waals surface area contributed by atoms with E-state index in [9.17, 15) is 4.79 Å². The van der Waals surface area contributed by atoms with E-state index >= 15 is 0 Å². The van der Waals surface area contributed by atoms with E-state index in [0.717, 1.165) is 71.5 Å². The Balaban J connectivity index is 0.000000214. The minimum atomic E-state index is 0.252. The average Bonchev–Trinajstić information content (AvgIpc) is 2.87. The average molecular weight is 477 g/mol. The first-order valence-corrected chi connectivity index (χ1v) is 12.1. The molecule has 0 spiro atoms. The number of anilines is 1. The highest BCUT2D eigenvalue weighted by molar-refractivity contribution is 6.11. The van der Waals surface area contributed by atoms with Gasteiger partial charge in [-0.05, 0) is 61.9 Å². The van der Waals surface area contributed by atoms with Gasteiger partial charge in [-0.25, -0.2) is 0 Å². The molecule has 1 heterocycles. The lowest BCUT2D eigenvalue weighted by molar-refractivity contribution is -0.847. The van der Waals surface area contributed by atoms with Crippen molar-refractivity contribution in [3.05, 3.63) is 83.0 Å². The zero-order valence-electron chi connectivity index (χ0n) is 21.3. The number of hydrogen-bond acceptors (Lipinski definition) is 5. The van der Waals surface area contributed by atoms with E-state index in [1.54, 1.807) is 14.2 Å². The van der Waals surface area contributed by atoms with Crippen LogP contribution in [0.2, 0.25) is 0 Å². The van der Waals surface area contributed by atoms with Crippen molar-refractivity contribution in [2.45, 2.75) is 25.8 Å². The van der Waals surface area contributed by atoms with Crippen molar-refractivity contribution >= 4 is 23.2 Å². The Labute approximate surface area is 209 Å². The van der Waals surface area contributed by atoms with E-state index in [1.165, 1.54) is 10.6 Å². The number of nitrogens with one attached hydrogen (secondary N) is 2. The molecule has 6 heteroatoms. The molecule has 4 N–H and O–H groups in total. The molecule has 0 saturated carbocycles. The number of hydrogen-bond donors (Lipinski definition) is 3. The van der Waals surface area contributed by atoms with Crippen LogP contribution in [-0.2, 0) is 16.0 Å². The van der Waals surface area contributed by atoms with Crippen molar-refractivity contribution in [3.63, 3.8) is 0 Å². The number of aldehydes is 1. The van der Waals surface area contributed by atoms with Crippen molar-refractivity contribution in [1.29, 1.82) is 0 Å². The lowest BCUT2D eigenvalue weighted by Gasteiger charge is -2.34. The van der Waals surface area contributed by atoms with Gasteiger partial charge in [0.15, 0.2) is 6.29 Å². The second-order valence-corrected chi connectivity index (χ2v) is 8.76. The van der Waals surface area contributed by atoms with Gasteiger partial charge in [0.1, 0.15) is 17.5 Å². The van der Waals surface area contributed by atoms with E-state index in [1.807, 2.05) is 38.2 Å². The quantitative estimate of drug-likeness (QED) is 0.295. The van der Waals surface area contributed by atoms with Gasteiger partial charge in [0.2, 0.25) is 0 Å². The van der Waals surface area contributed by atoms with Crippen LogP contribution in [-0.4, -0.2) is 53.3 Å². The van der Waals surface area contributed by atoms with Crippen LogP contribution in [0, 0.1) is 6.92 Å². The predicted octanol–water partition coefficient (Wildman–Crippen LogP) is 3.05. The molecule has 186 valence electrons. The molecular weight excluding hydrogens is 438 g/mol. The van der Waals surface area contributed by atoms with Crippen LogP contribution in [0.1, 0.15) is 23.1 Å². The summed E-state index contributed by atoms with van der Waals surface area (Å²) in [6.07, 6.45) is 11.3. The third kappa shape index (κ3) is 6.28. The SMILES string of the molecule is CNCCC[NH+]1c2ccccc2C(C=O)=C2C=CC=CC21.COCCc1cc(N)cc(C)c1OC. The van der Waals surface area contributed by atoms with Gasteiger partial charge in [-0.3, -0.25) is 9.69 Å². The predicted molar refractivity (Wildman–Crippen MR) is 143 cm³/mol. The van der Waals surface area contributed by atoms with Crippen LogP contribution in [0.25, 0.3) is 5.57 Å². The molecule has 2 atom stereocenters. The third-order valence-electron chi connectivity index (χ3n) is 6.42. The van der Waals surface area contributed by atoms with E-state index in [4.69, 9.17) is 15.2 Å².